The van der Waals surface area contributed by atoms with Gasteiger partial charge in [-0.3, -0.25) is 4.79 Å². The first kappa shape index (κ1) is 11.7. The lowest BCUT2D eigenvalue weighted by Gasteiger charge is -2.14. The molecule has 4 N–H and O–H groups in total. The van der Waals surface area contributed by atoms with Gasteiger partial charge < -0.3 is 20.6 Å². The van der Waals surface area contributed by atoms with Crippen LogP contribution < -0.4 is 11.1 Å². The van der Waals surface area contributed by atoms with Crippen molar-refractivity contribution in [3.8, 4) is 0 Å². The normalized spacial score (nSPS) is 14.7. The summed E-state index contributed by atoms with van der Waals surface area (Å²) in [7, 11) is 0. The van der Waals surface area contributed by atoms with Gasteiger partial charge in [0.2, 0.25) is 5.76 Å². The molecular weight excluding hydrogens is 198 g/mol. The van der Waals surface area contributed by atoms with Crippen LogP contribution in [-0.4, -0.2) is 34.7 Å². The van der Waals surface area contributed by atoms with E-state index < -0.39 is 12.1 Å². The van der Waals surface area contributed by atoms with Gasteiger partial charge in [-0.05, 0) is 13.8 Å². The van der Waals surface area contributed by atoms with Crippen LogP contribution in [0.3, 0.4) is 0 Å². The number of carbonyl (C=O) groups is 1. The van der Waals surface area contributed by atoms with Gasteiger partial charge >= 0.3 is 0 Å². The van der Waals surface area contributed by atoms with Crippen LogP contribution in [0.15, 0.2) is 10.8 Å². The first-order chi connectivity index (χ1) is 7.02. The summed E-state index contributed by atoms with van der Waals surface area (Å²) in [5.74, 6) is -0.200. The predicted octanol–water partition coefficient (Wildman–Crippen LogP) is -0.579. The Morgan fingerprint density at radius 2 is 2.47 bits per heavy atom. The van der Waals surface area contributed by atoms with Crippen molar-refractivity contribution in [2.45, 2.75) is 26.0 Å². The Balaban J connectivity index is 2.47. The number of nitrogens with two attached hydrogens (primary N) is 1. The van der Waals surface area contributed by atoms with Crippen molar-refractivity contribution in [2.75, 3.05) is 6.54 Å². The molecule has 6 nitrogen and oxygen atoms in total. The van der Waals surface area contributed by atoms with Crippen LogP contribution in [0.2, 0.25) is 0 Å². The van der Waals surface area contributed by atoms with Crippen molar-refractivity contribution in [3.05, 3.63) is 17.8 Å². The first-order valence-corrected chi connectivity index (χ1v) is 4.64. The van der Waals surface area contributed by atoms with Gasteiger partial charge in [0.05, 0.1) is 11.8 Å². The van der Waals surface area contributed by atoms with E-state index in [1.807, 2.05) is 0 Å². The molecule has 0 saturated carbocycles. The number of aromatic nitrogens is 1. The highest BCUT2D eigenvalue weighted by molar-refractivity contribution is 5.92. The van der Waals surface area contributed by atoms with E-state index in [0.717, 1.165) is 0 Å². The van der Waals surface area contributed by atoms with Gasteiger partial charge in [-0.2, -0.15) is 0 Å². The quantitative estimate of drug-likeness (QED) is 0.621. The molecule has 1 amide bonds. The summed E-state index contributed by atoms with van der Waals surface area (Å²) in [6.45, 7) is 3.43. The summed E-state index contributed by atoms with van der Waals surface area (Å²) in [6.07, 6.45) is 0.542. The monoisotopic (exact) mass is 213 g/mol. The van der Waals surface area contributed by atoms with Gasteiger partial charge in [0.15, 0.2) is 6.39 Å². The maximum atomic E-state index is 11.5. The van der Waals surface area contributed by atoms with Crippen LogP contribution >= 0.6 is 0 Å². The fourth-order valence-corrected chi connectivity index (χ4v) is 0.981. The van der Waals surface area contributed by atoms with Crippen molar-refractivity contribution in [1.29, 1.82) is 0 Å². The maximum Gasteiger partial charge on any atom is 0.289 e. The summed E-state index contributed by atoms with van der Waals surface area (Å²) < 4.78 is 4.89. The number of aryl methyl sites for hydroxylation is 1. The van der Waals surface area contributed by atoms with Crippen LogP contribution in [0.4, 0.5) is 0 Å². The largest absolute Gasteiger partial charge is 0.438 e. The highest BCUT2D eigenvalue weighted by Gasteiger charge is 2.16. The second-order valence-electron chi connectivity index (χ2n) is 3.38. The third-order valence-corrected chi connectivity index (χ3v) is 2.07. The van der Waals surface area contributed by atoms with E-state index in [1.165, 1.54) is 6.39 Å². The minimum Gasteiger partial charge on any atom is -0.438 e. The van der Waals surface area contributed by atoms with Gasteiger partial charge in [0.25, 0.3) is 5.91 Å². The molecular formula is C9H15N3O3. The molecule has 0 aliphatic carbocycles. The number of hydrogen-bond donors (Lipinski definition) is 3. The first-order valence-electron chi connectivity index (χ1n) is 4.64. The summed E-state index contributed by atoms with van der Waals surface area (Å²) in [4.78, 5) is 15.3. The summed E-state index contributed by atoms with van der Waals surface area (Å²) in [6, 6.07) is -0.489. The summed E-state index contributed by atoms with van der Waals surface area (Å²) >= 11 is 0. The number of oxazole rings is 1. The van der Waals surface area contributed by atoms with E-state index in [1.54, 1.807) is 13.8 Å². The van der Waals surface area contributed by atoms with Gasteiger partial charge in [0.1, 0.15) is 0 Å². The Morgan fingerprint density at radius 3 is 2.93 bits per heavy atom. The number of nitrogens with one attached hydrogen (secondary N) is 1. The molecule has 1 rings (SSSR count). The van der Waals surface area contributed by atoms with E-state index in [0.29, 0.717) is 5.69 Å². The van der Waals surface area contributed by atoms with Gasteiger partial charge in [-0.25, -0.2) is 4.98 Å². The molecule has 1 heterocycles. The van der Waals surface area contributed by atoms with E-state index in [-0.39, 0.29) is 18.2 Å². The molecule has 0 saturated heterocycles. The smallest absolute Gasteiger partial charge is 0.289 e. The number of nitrogens with zero attached hydrogens (tertiary/aromatic N) is 1. The molecule has 2 atom stereocenters. The molecule has 0 aromatic carbocycles. The van der Waals surface area contributed by atoms with Crippen LogP contribution in [0.1, 0.15) is 23.2 Å². The zero-order chi connectivity index (χ0) is 11.4. The van der Waals surface area contributed by atoms with Gasteiger partial charge in [-0.1, -0.05) is 0 Å². The summed E-state index contributed by atoms with van der Waals surface area (Å²) in [5, 5.41) is 11.7. The number of aliphatic hydroxyl groups is 1. The minimum absolute atomic E-state index is 0.174. The molecule has 2 unspecified atom stereocenters. The Labute approximate surface area is 87.5 Å². The highest BCUT2D eigenvalue weighted by atomic mass is 16.3. The topological polar surface area (TPSA) is 101 Å². The van der Waals surface area contributed by atoms with Gasteiger partial charge in [0, 0.05) is 12.6 Å². The maximum absolute atomic E-state index is 11.5. The lowest BCUT2D eigenvalue weighted by atomic mass is 10.2. The Kier molecular flexibility index (Phi) is 3.81. The minimum atomic E-state index is -0.666. The zero-order valence-electron chi connectivity index (χ0n) is 8.73. The lowest BCUT2D eigenvalue weighted by molar-refractivity contribution is 0.0909. The van der Waals surface area contributed by atoms with Crippen LogP contribution in [-0.2, 0) is 0 Å². The van der Waals surface area contributed by atoms with Crippen molar-refractivity contribution in [2.24, 2.45) is 5.73 Å². The van der Waals surface area contributed by atoms with E-state index in [9.17, 15) is 4.79 Å². The molecule has 84 valence electrons. The molecule has 0 aliphatic heterocycles. The standard InChI is InChI=1S/C9H15N3O3/c1-5-8(15-4-12-5)9(14)11-3-7(10)6(2)13/h4,6-7,13H,3,10H2,1-2H3,(H,11,14). The molecule has 0 spiro atoms. The van der Waals surface area contributed by atoms with Crippen molar-refractivity contribution >= 4 is 5.91 Å². The Hall–Kier alpha value is -1.40. The van der Waals surface area contributed by atoms with Crippen molar-refractivity contribution in [3.63, 3.8) is 0 Å². The average Bonchev–Trinajstić information content (AvgIpc) is 2.60. The highest BCUT2D eigenvalue weighted by Crippen LogP contribution is 2.03. The fraction of sp³-hybridized carbons (Fsp3) is 0.556. The van der Waals surface area contributed by atoms with Crippen molar-refractivity contribution in [1.82, 2.24) is 10.3 Å². The zero-order valence-corrected chi connectivity index (χ0v) is 8.73. The third-order valence-electron chi connectivity index (χ3n) is 2.07. The summed E-state index contributed by atoms with van der Waals surface area (Å²) in [5.41, 5.74) is 6.07. The second kappa shape index (κ2) is 4.90. The SMILES string of the molecule is Cc1ncoc1C(=O)NCC(N)C(C)O. The fourth-order valence-electron chi connectivity index (χ4n) is 0.981. The third kappa shape index (κ3) is 3.03. The van der Waals surface area contributed by atoms with E-state index in [2.05, 4.69) is 10.3 Å². The average molecular weight is 213 g/mol. The Bertz CT molecular complexity index is 335. The van der Waals surface area contributed by atoms with Crippen LogP contribution in [0.5, 0.6) is 0 Å². The second-order valence-corrected chi connectivity index (χ2v) is 3.38. The molecule has 0 bridgehead atoms. The Morgan fingerprint density at radius 1 is 1.80 bits per heavy atom. The van der Waals surface area contributed by atoms with Crippen molar-refractivity contribution < 1.29 is 14.3 Å². The molecule has 0 aliphatic rings. The number of aliphatic hydroxyl groups excluding tert-OH is 1. The number of rotatable bonds is 4. The lowest BCUT2D eigenvalue weighted by Crippen LogP contribution is -2.43. The molecule has 0 fully saturated rings. The predicted molar refractivity (Wildman–Crippen MR) is 53.2 cm³/mol. The molecule has 0 radical (unpaired) electrons. The van der Waals surface area contributed by atoms with Crippen LogP contribution in [0.25, 0.3) is 0 Å². The number of hydrogen-bond acceptors (Lipinski definition) is 5. The van der Waals surface area contributed by atoms with E-state index in [4.69, 9.17) is 15.3 Å². The molecule has 6 heteroatoms. The van der Waals surface area contributed by atoms with E-state index >= 15 is 0 Å². The molecule has 1 aromatic heterocycles. The number of amides is 1. The van der Waals surface area contributed by atoms with Crippen LogP contribution in [0, 0.1) is 6.92 Å². The van der Waals surface area contributed by atoms with Gasteiger partial charge in [-0.15, -0.1) is 0 Å². The molecule has 15 heavy (non-hydrogen) atoms. The number of carbonyl (C=O) groups excluding carboxylic acids is 1. The molecule has 1 aromatic rings.